The van der Waals surface area contributed by atoms with Crippen LogP contribution in [0.5, 0.6) is 0 Å². The lowest BCUT2D eigenvalue weighted by molar-refractivity contribution is -0.122. The van der Waals surface area contributed by atoms with Crippen LogP contribution in [0.1, 0.15) is 5.69 Å². The Bertz CT molecular complexity index is 1430. The van der Waals surface area contributed by atoms with E-state index in [1.807, 2.05) is 66.7 Å². The van der Waals surface area contributed by atoms with Crippen molar-refractivity contribution in [3.63, 3.8) is 0 Å². The molecule has 1 aromatic heterocycles. The number of hydrogen-bond acceptors (Lipinski definition) is 3. The minimum absolute atomic E-state index is 0.0224. The van der Waals surface area contributed by atoms with Crippen LogP contribution in [0.25, 0.3) is 28.5 Å². The molecule has 1 aliphatic rings. The summed E-state index contributed by atoms with van der Waals surface area (Å²) in [5, 5.41) is 3.18. The molecule has 0 aliphatic carbocycles. The SMILES string of the molecule is O=C1NC(=S)N(c2ccc(Cl)cc2)C(=O)/C1=C\c1[nH]c(-c2ccccc2)cc1-c1ccccc1. The molecule has 1 aliphatic heterocycles. The number of aromatic nitrogens is 1. The molecule has 2 heterocycles. The van der Waals surface area contributed by atoms with Crippen molar-refractivity contribution >= 4 is 52.5 Å². The topological polar surface area (TPSA) is 65.2 Å². The third-order valence-electron chi connectivity index (χ3n) is 5.49. The first-order valence-corrected chi connectivity index (χ1v) is 11.3. The Hall–Kier alpha value is -4.00. The molecule has 34 heavy (non-hydrogen) atoms. The van der Waals surface area contributed by atoms with E-state index in [2.05, 4.69) is 10.3 Å². The molecule has 1 saturated heterocycles. The fourth-order valence-corrected chi connectivity index (χ4v) is 4.25. The Kier molecular flexibility index (Phi) is 5.84. The molecule has 166 valence electrons. The highest BCUT2D eigenvalue weighted by Crippen LogP contribution is 2.32. The van der Waals surface area contributed by atoms with Crippen molar-refractivity contribution in [2.75, 3.05) is 4.90 Å². The number of thiocarbonyl (C=S) groups is 1. The van der Waals surface area contributed by atoms with E-state index in [0.29, 0.717) is 16.4 Å². The van der Waals surface area contributed by atoms with Gasteiger partial charge in [0.25, 0.3) is 11.8 Å². The Morgan fingerprint density at radius 1 is 0.824 bits per heavy atom. The monoisotopic (exact) mass is 483 g/mol. The zero-order valence-corrected chi connectivity index (χ0v) is 19.4. The molecule has 7 heteroatoms. The van der Waals surface area contributed by atoms with Gasteiger partial charge in [0.1, 0.15) is 5.57 Å². The third-order valence-corrected chi connectivity index (χ3v) is 6.03. The maximum absolute atomic E-state index is 13.4. The zero-order chi connectivity index (χ0) is 23.7. The summed E-state index contributed by atoms with van der Waals surface area (Å²) in [4.78, 5) is 30.9. The second-order valence-corrected chi connectivity index (χ2v) is 8.50. The first-order chi connectivity index (χ1) is 16.5. The van der Waals surface area contributed by atoms with Gasteiger partial charge in [-0.3, -0.25) is 19.8 Å². The van der Waals surface area contributed by atoms with E-state index >= 15 is 0 Å². The highest BCUT2D eigenvalue weighted by atomic mass is 35.5. The number of anilines is 1. The number of hydrogen-bond donors (Lipinski definition) is 2. The van der Waals surface area contributed by atoms with Gasteiger partial charge in [-0.1, -0.05) is 72.3 Å². The molecular formula is C27H18ClN3O2S. The lowest BCUT2D eigenvalue weighted by atomic mass is 10.0. The van der Waals surface area contributed by atoms with Crippen LogP contribution in [0.15, 0.2) is 96.6 Å². The maximum atomic E-state index is 13.4. The van der Waals surface area contributed by atoms with Crippen LogP contribution in [0.4, 0.5) is 5.69 Å². The fraction of sp³-hybridized carbons (Fsp3) is 0. The van der Waals surface area contributed by atoms with Crippen molar-refractivity contribution in [3.8, 4) is 22.4 Å². The van der Waals surface area contributed by atoms with E-state index in [9.17, 15) is 9.59 Å². The van der Waals surface area contributed by atoms with E-state index in [0.717, 1.165) is 22.4 Å². The van der Waals surface area contributed by atoms with Gasteiger partial charge in [-0.15, -0.1) is 0 Å². The minimum Gasteiger partial charge on any atom is -0.354 e. The predicted octanol–water partition coefficient (Wildman–Crippen LogP) is 5.83. The molecule has 2 N–H and O–H groups in total. The lowest BCUT2D eigenvalue weighted by Gasteiger charge is -2.28. The zero-order valence-electron chi connectivity index (χ0n) is 17.8. The molecule has 5 nitrogen and oxygen atoms in total. The van der Waals surface area contributed by atoms with Gasteiger partial charge < -0.3 is 4.98 Å². The van der Waals surface area contributed by atoms with E-state index in [1.165, 1.54) is 4.90 Å². The van der Waals surface area contributed by atoms with Gasteiger partial charge in [-0.05, 0) is 59.8 Å². The second kappa shape index (κ2) is 9.09. The molecule has 3 aromatic carbocycles. The van der Waals surface area contributed by atoms with Gasteiger partial charge in [0.15, 0.2) is 5.11 Å². The lowest BCUT2D eigenvalue weighted by Crippen LogP contribution is -2.54. The summed E-state index contributed by atoms with van der Waals surface area (Å²) in [6.45, 7) is 0. The van der Waals surface area contributed by atoms with Crippen LogP contribution in [0.3, 0.4) is 0 Å². The smallest absolute Gasteiger partial charge is 0.270 e. The predicted molar refractivity (Wildman–Crippen MR) is 139 cm³/mol. The standard InChI is InChI=1S/C27H18ClN3O2S/c28-19-11-13-20(14-12-19)31-26(33)22(25(32)30-27(31)34)16-24-21(17-7-3-1-4-8-17)15-23(29-24)18-9-5-2-6-10-18/h1-16,29H,(H,30,32,34)/b22-16-. The number of carbonyl (C=O) groups excluding carboxylic acids is 2. The first kappa shape index (κ1) is 21.8. The molecule has 5 rings (SSSR count). The number of H-pyrrole nitrogens is 1. The highest BCUT2D eigenvalue weighted by Gasteiger charge is 2.34. The van der Waals surface area contributed by atoms with E-state index in [-0.39, 0.29) is 10.7 Å². The molecule has 1 fully saturated rings. The van der Waals surface area contributed by atoms with Gasteiger partial charge >= 0.3 is 0 Å². The van der Waals surface area contributed by atoms with Crippen LogP contribution in [0.2, 0.25) is 5.02 Å². The number of amides is 2. The largest absolute Gasteiger partial charge is 0.354 e. The van der Waals surface area contributed by atoms with Crippen molar-refractivity contribution in [2.45, 2.75) is 0 Å². The van der Waals surface area contributed by atoms with Gasteiger partial charge in [0, 0.05) is 22.0 Å². The van der Waals surface area contributed by atoms with Crippen LogP contribution in [0, 0.1) is 0 Å². The van der Waals surface area contributed by atoms with Crippen molar-refractivity contribution in [2.24, 2.45) is 0 Å². The highest BCUT2D eigenvalue weighted by molar-refractivity contribution is 7.80. The summed E-state index contributed by atoms with van der Waals surface area (Å²) >= 11 is 11.3. The number of halogens is 1. The quantitative estimate of drug-likeness (QED) is 0.218. The van der Waals surface area contributed by atoms with Crippen LogP contribution in [-0.2, 0) is 9.59 Å². The van der Waals surface area contributed by atoms with Gasteiger partial charge in [-0.2, -0.15) is 0 Å². The third kappa shape index (κ3) is 4.17. The fourth-order valence-electron chi connectivity index (χ4n) is 3.84. The summed E-state index contributed by atoms with van der Waals surface area (Å²) in [7, 11) is 0. The van der Waals surface area contributed by atoms with Gasteiger partial charge in [0.05, 0.1) is 5.69 Å². The molecule has 0 saturated carbocycles. The Morgan fingerprint density at radius 3 is 2.09 bits per heavy atom. The summed E-state index contributed by atoms with van der Waals surface area (Å²) in [5.41, 5.74) is 4.84. The van der Waals surface area contributed by atoms with Crippen molar-refractivity contribution in [1.29, 1.82) is 0 Å². The van der Waals surface area contributed by atoms with Gasteiger partial charge in [-0.25, -0.2) is 0 Å². The summed E-state index contributed by atoms with van der Waals surface area (Å²) in [6, 6.07) is 28.4. The Morgan fingerprint density at radius 2 is 1.44 bits per heavy atom. The second-order valence-electron chi connectivity index (χ2n) is 7.68. The molecule has 2 amide bonds. The average molecular weight is 484 g/mol. The van der Waals surface area contributed by atoms with E-state index < -0.39 is 11.8 Å². The number of aromatic amines is 1. The van der Waals surface area contributed by atoms with Crippen molar-refractivity contribution in [3.05, 3.63) is 107 Å². The molecule has 0 radical (unpaired) electrons. The van der Waals surface area contributed by atoms with Crippen molar-refractivity contribution < 1.29 is 9.59 Å². The normalized spacial score (nSPS) is 15.0. The summed E-state index contributed by atoms with van der Waals surface area (Å²) < 4.78 is 0. The Labute approximate surface area is 206 Å². The van der Waals surface area contributed by atoms with E-state index in [1.54, 1.807) is 30.3 Å². The summed E-state index contributed by atoms with van der Waals surface area (Å²) in [6.07, 6.45) is 1.58. The molecule has 4 aromatic rings. The molecule has 0 atom stereocenters. The first-order valence-electron chi connectivity index (χ1n) is 10.5. The van der Waals surface area contributed by atoms with E-state index in [4.69, 9.17) is 23.8 Å². The van der Waals surface area contributed by atoms with Crippen molar-refractivity contribution in [1.82, 2.24) is 10.3 Å². The molecule has 0 spiro atoms. The average Bonchev–Trinajstić information content (AvgIpc) is 3.28. The number of rotatable bonds is 4. The number of benzene rings is 3. The van der Waals surface area contributed by atoms with Crippen LogP contribution in [-0.4, -0.2) is 21.9 Å². The van der Waals surface area contributed by atoms with Crippen LogP contribution < -0.4 is 10.2 Å². The summed E-state index contributed by atoms with van der Waals surface area (Å²) in [5.74, 6) is -1.05. The van der Waals surface area contributed by atoms with Gasteiger partial charge in [0.2, 0.25) is 0 Å². The molecular weight excluding hydrogens is 466 g/mol. The maximum Gasteiger partial charge on any atom is 0.270 e. The minimum atomic E-state index is -0.546. The number of carbonyl (C=O) groups is 2. The number of nitrogens with one attached hydrogen (secondary N) is 2. The number of nitrogens with zero attached hydrogens (tertiary/aromatic N) is 1. The molecule has 0 unspecified atom stereocenters. The Balaban J connectivity index is 1.62. The molecule has 0 bridgehead atoms. The van der Waals surface area contributed by atoms with Crippen LogP contribution >= 0.6 is 23.8 Å².